The lowest BCUT2D eigenvalue weighted by Gasteiger charge is -2.22. The monoisotopic (exact) mass is 297 g/mol. The van der Waals surface area contributed by atoms with Gasteiger partial charge in [-0.25, -0.2) is 0 Å². The fraction of sp³-hybridized carbons (Fsp3) is 0.333. The van der Waals surface area contributed by atoms with Crippen molar-refractivity contribution in [3.8, 4) is 17.2 Å². The number of rotatable bonds is 2. The maximum atomic E-state index is 6.02. The molecule has 0 amide bonds. The predicted molar refractivity (Wildman–Crippen MR) is 83.2 cm³/mol. The average Bonchev–Trinajstić information content (AvgIpc) is 2.92. The molecule has 0 saturated carbocycles. The second kappa shape index (κ2) is 5.54. The van der Waals surface area contributed by atoms with Crippen molar-refractivity contribution in [2.75, 3.05) is 13.3 Å². The molecule has 1 unspecified atom stereocenters. The Morgan fingerprint density at radius 3 is 2.86 bits per heavy atom. The lowest BCUT2D eigenvalue weighted by molar-refractivity contribution is 0.152. The SMILES string of the molecule is CC1CN(Cc2cccc3c2OCO3)Cc2ccccc2O1. The number of fused-ring (bicyclic) bond motifs is 2. The van der Waals surface area contributed by atoms with Crippen LogP contribution in [0.1, 0.15) is 18.1 Å². The van der Waals surface area contributed by atoms with Crippen molar-refractivity contribution in [3.05, 3.63) is 53.6 Å². The number of hydrogen-bond donors (Lipinski definition) is 0. The second-order valence-electron chi connectivity index (χ2n) is 5.86. The van der Waals surface area contributed by atoms with Crippen molar-refractivity contribution in [2.45, 2.75) is 26.1 Å². The summed E-state index contributed by atoms with van der Waals surface area (Å²) in [5.41, 5.74) is 2.40. The van der Waals surface area contributed by atoms with Gasteiger partial charge in [-0.3, -0.25) is 4.90 Å². The summed E-state index contributed by atoms with van der Waals surface area (Å²) in [7, 11) is 0. The van der Waals surface area contributed by atoms with Gasteiger partial charge in [0.05, 0.1) is 0 Å². The maximum Gasteiger partial charge on any atom is 0.231 e. The van der Waals surface area contributed by atoms with Crippen LogP contribution < -0.4 is 14.2 Å². The maximum absolute atomic E-state index is 6.02. The molecular weight excluding hydrogens is 278 g/mol. The summed E-state index contributed by atoms with van der Waals surface area (Å²) in [5, 5.41) is 0. The highest BCUT2D eigenvalue weighted by Crippen LogP contribution is 2.36. The number of hydrogen-bond acceptors (Lipinski definition) is 4. The average molecular weight is 297 g/mol. The van der Waals surface area contributed by atoms with E-state index in [1.807, 2.05) is 24.3 Å². The first-order chi connectivity index (χ1) is 10.8. The van der Waals surface area contributed by atoms with E-state index >= 15 is 0 Å². The molecule has 114 valence electrons. The van der Waals surface area contributed by atoms with Crippen LogP contribution in [0.3, 0.4) is 0 Å². The van der Waals surface area contributed by atoms with E-state index in [1.54, 1.807) is 0 Å². The van der Waals surface area contributed by atoms with E-state index in [1.165, 1.54) is 11.1 Å². The van der Waals surface area contributed by atoms with E-state index in [0.29, 0.717) is 6.79 Å². The minimum Gasteiger partial charge on any atom is -0.489 e. The summed E-state index contributed by atoms with van der Waals surface area (Å²) in [6.45, 7) is 5.03. The first-order valence-electron chi connectivity index (χ1n) is 7.64. The van der Waals surface area contributed by atoms with Crippen LogP contribution in [-0.2, 0) is 13.1 Å². The van der Waals surface area contributed by atoms with Gasteiger partial charge in [-0.05, 0) is 19.1 Å². The number of ether oxygens (including phenoxy) is 3. The second-order valence-corrected chi connectivity index (χ2v) is 5.86. The fourth-order valence-corrected chi connectivity index (χ4v) is 3.15. The normalized spacial score (nSPS) is 20.1. The van der Waals surface area contributed by atoms with Gasteiger partial charge < -0.3 is 14.2 Å². The standard InChI is InChI=1S/C18H19NO3/c1-13-9-19(10-14-5-2-3-7-16(14)22-13)11-15-6-4-8-17-18(15)21-12-20-17/h2-8,13H,9-12H2,1H3. The zero-order chi connectivity index (χ0) is 14.9. The lowest BCUT2D eigenvalue weighted by atomic mass is 10.1. The highest BCUT2D eigenvalue weighted by atomic mass is 16.7. The van der Waals surface area contributed by atoms with E-state index in [2.05, 4.69) is 30.0 Å². The third-order valence-electron chi connectivity index (χ3n) is 4.08. The largest absolute Gasteiger partial charge is 0.489 e. The highest BCUT2D eigenvalue weighted by molar-refractivity contribution is 5.48. The molecule has 4 rings (SSSR count). The van der Waals surface area contributed by atoms with E-state index in [0.717, 1.165) is 36.9 Å². The first kappa shape index (κ1) is 13.5. The van der Waals surface area contributed by atoms with Crippen LogP contribution in [0.5, 0.6) is 17.2 Å². The minimum absolute atomic E-state index is 0.164. The molecule has 2 aromatic rings. The topological polar surface area (TPSA) is 30.9 Å². The molecule has 0 saturated heterocycles. The van der Waals surface area contributed by atoms with Crippen LogP contribution in [0.4, 0.5) is 0 Å². The van der Waals surface area contributed by atoms with E-state index < -0.39 is 0 Å². The van der Waals surface area contributed by atoms with Gasteiger partial charge in [-0.1, -0.05) is 30.3 Å². The molecule has 0 spiro atoms. The molecular formula is C18H19NO3. The van der Waals surface area contributed by atoms with Crippen molar-refractivity contribution >= 4 is 0 Å². The van der Waals surface area contributed by atoms with Crippen molar-refractivity contribution in [2.24, 2.45) is 0 Å². The Balaban J connectivity index is 1.60. The summed E-state index contributed by atoms with van der Waals surface area (Å²) in [6, 6.07) is 14.4. The summed E-state index contributed by atoms with van der Waals surface area (Å²) < 4.78 is 17.1. The minimum atomic E-state index is 0.164. The van der Waals surface area contributed by atoms with Crippen LogP contribution in [0, 0.1) is 0 Å². The summed E-state index contributed by atoms with van der Waals surface area (Å²) >= 11 is 0. The first-order valence-corrected chi connectivity index (χ1v) is 7.64. The zero-order valence-corrected chi connectivity index (χ0v) is 12.6. The Morgan fingerprint density at radius 1 is 1.05 bits per heavy atom. The summed E-state index contributed by atoms with van der Waals surface area (Å²) in [5.74, 6) is 2.72. The van der Waals surface area contributed by atoms with Crippen LogP contribution in [0.25, 0.3) is 0 Å². The van der Waals surface area contributed by atoms with Crippen LogP contribution in [-0.4, -0.2) is 24.3 Å². The highest BCUT2D eigenvalue weighted by Gasteiger charge is 2.23. The van der Waals surface area contributed by atoms with E-state index in [9.17, 15) is 0 Å². The molecule has 0 bridgehead atoms. The summed E-state index contributed by atoms with van der Waals surface area (Å²) in [6.07, 6.45) is 0.164. The molecule has 2 heterocycles. The van der Waals surface area contributed by atoms with E-state index in [-0.39, 0.29) is 6.10 Å². The number of benzene rings is 2. The van der Waals surface area contributed by atoms with Crippen molar-refractivity contribution in [1.82, 2.24) is 4.90 Å². The molecule has 0 N–H and O–H groups in total. The number of para-hydroxylation sites is 2. The molecule has 4 nitrogen and oxygen atoms in total. The quantitative estimate of drug-likeness (QED) is 0.852. The molecule has 22 heavy (non-hydrogen) atoms. The number of nitrogens with zero attached hydrogens (tertiary/aromatic N) is 1. The summed E-state index contributed by atoms with van der Waals surface area (Å²) in [4.78, 5) is 2.40. The predicted octanol–water partition coefficient (Wildman–Crippen LogP) is 3.20. The van der Waals surface area contributed by atoms with Crippen molar-refractivity contribution in [3.63, 3.8) is 0 Å². The third-order valence-corrected chi connectivity index (χ3v) is 4.08. The van der Waals surface area contributed by atoms with Gasteiger partial charge in [-0.2, -0.15) is 0 Å². The zero-order valence-electron chi connectivity index (χ0n) is 12.6. The Morgan fingerprint density at radius 2 is 1.91 bits per heavy atom. The smallest absolute Gasteiger partial charge is 0.231 e. The van der Waals surface area contributed by atoms with Gasteiger partial charge in [-0.15, -0.1) is 0 Å². The molecule has 0 radical (unpaired) electrons. The Bertz CT molecular complexity index is 686. The lowest BCUT2D eigenvalue weighted by Crippen LogP contribution is -2.30. The van der Waals surface area contributed by atoms with Gasteiger partial charge in [0, 0.05) is 30.8 Å². The van der Waals surface area contributed by atoms with Crippen molar-refractivity contribution in [1.29, 1.82) is 0 Å². The molecule has 2 aliphatic heterocycles. The van der Waals surface area contributed by atoms with Crippen LogP contribution >= 0.6 is 0 Å². The van der Waals surface area contributed by atoms with E-state index in [4.69, 9.17) is 14.2 Å². The van der Waals surface area contributed by atoms with Gasteiger partial charge in [0.1, 0.15) is 11.9 Å². The van der Waals surface area contributed by atoms with Gasteiger partial charge >= 0.3 is 0 Å². The van der Waals surface area contributed by atoms with Crippen molar-refractivity contribution < 1.29 is 14.2 Å². The molecule has 0 fully saturated rings. The Labute approximate surface area is 130 Å². The Kier molecular flexibility index (Phi) is 3.39. The molecule has 1 atom stereocenters. The molecule has 4 heteroatoms. The molecule has 0 aliphatic carbocycles. The van der Waals surface area contributed by atoms with Gasteiger partial charge in [0.2, 0.25) is 6.79 Å². The Hall–Kier alpha value is -2.20. The third kappa shape index (κ3) is 2.50. The van der Waals surface area contributed by atoms with Gasteiger partial charge in [0.25, 0.3) is 0 Å². The van der Waals surface area contributed by atoms with Crippen LogP contribution in [0.2, 0.25) is 0 Å². The molecule has 0 aromatic heterocycles. The molecule has 2 aromatic carbocycles. The van der Waals surface area contributed by atoms with Crippen LogP contribution in [0.15, 0.2) is 42.5 Å². The van der Waals surface area contributed by atoms with Gasteiger partial charge in [0.15, 0.2) is 11.5 Å². The fourth-order valence-electron chi connectivity index (χ4n) is 3.15. The molecule has 2 aliphatic rings.